The second kappa shape index (κ2) is 7.50. The van der Waals surface area contributed by atoms with E-state index in [2.05, 4.69) is 28.2 Å². The first-order valence-electron chi connectivity index (χ1n) is 7.33. The first-order chi connectivity index (χ1) is 9.29. The van der Waals surface area contributed by atoms with Gasteiger partial charge in [0.25, 0.3) is 0 Å². The summed E-state index contributed by atoms with van der Waals surface area (Å²) in [5.41, 5.74) is 7.24. The third-order valence-electron chi connectivity index (χ3n) is 3.93. The maximum absolute atomic E-state index is 5.92. The summed E-state index contributed by atoms with van der Waals surface area (Å²) in [7, 11) is 0. The maximum Gasteiger partial charge on any atom is 0.188 e. The zero-order valence-corrected chi connectivity index (χ0v) is 11.9. The van der Waals surface area contributed by atoms with Crippen molar-refractivity contribution < 1.29 is 4.74 Å². The second-order valence-corrected chi connectivity index (χ2v) is 5.19. The molecule has 0 aromatic heterocycles. The van der Waals surface area contributed by atoms with Crippen molar-refractivity contribution in [2.75, 3.05) is 39.4 Å². The molecule has 0 aromatic carbocycles. The van der Waals surface area contributed by atoms with E-state index in [-0.39, 0.29) is 0 Å². The van der Waals surface area contributed by atoms with E-state index in [4.69, 9.17) is 10.5 Å². The van der Waals surface area contributed by atoms with Crippen molar-refractivity contribution in [3.63, 3.8) is 0 Å². The van der Waals surface area contributed by atoms with Gasteiger partial charge in [0, 0.05) is 12.6 Å². The van der Waals surface area contributed by atoms with Crippen LogP contribution in [0.15, 0.2) is 16.6 Å². The lowest BCUT2D eigenvalue weighted by Crippen LogP contribution is -2.42. The lowest BCUT2D eigenvalue weighted by atomic mass is 10.1. The van der Waals surface area contributed by atoms with Crippen LogP contribution in [0.3, 0.4) is 0 Å². The average molecular weight is 266 g/mol. The van der Waals surface area contributed by atoms with Crippen LogP contribution in [-0.2, 0) is 4.74 Å². The monoisotopic (exact) mass is 266 g/mol. The van der Waals surface area contributed by atoms with Gasteiger partial charge < -0.3 is 15.8 Å². The number of hydrogen-bond donors (Lipinski definition) is 2. The molecule has 1 saturated heterocycles. The van der Waals surface area contributed by atoms with Crippen LogP contribution in [-0.4, -0.2) is 56.3 Å². The Morgan fingerprint density at radius 3 is 3.26 bits per heavy atom. The summed E-state index contributed by atoms with van der Waals surface area (Å²) in [6.45, 7) is 7.68. The fourth-order valence-electron chi connectivity index (χ4n) is 2.72. The molecule has 1 unspecified atom stereocenters. The van der Waals surface area contributed by atoms with E-state index in [1.54, 1.807) is 0 Å². The Balaban J connectivity index is 1.71. The van der Waals surface area contributed by atoms with Gasteiger partial charge in [0.1, 0.15) is 0 Å². The van der Waals surface area contributed by atoms with Gasteiger partial charge in [0.2, 0.25) is 0 Å². The van der Waals surface area contributed by atoms with E-state index < -0.39 is 0 Å². The standard InChI is InChI=1S/C14H26N4O/c1-2-18-7-3-4-13(18)11-17-14(15)16-10-12-5-8-19-9-6-12/h5,13H,2-4,6-11H2,1H3,(H3,15,16,17). The lowest BCUT2D eigenvalue weighted by molar-refractivity contribution is 0.154. The van der Waals surface area contributed by atoms with Gasteiger partial charge in [-0.3, -0.25) is 4.90 Å². The van der Waals surface area contributed by atoms with Crippen LogP contribution in [0.5, 0.6) is 0 Å². The minimum absolute atomic E-state index is 0.565. The van der Waals surface area contributed by atoms with Crippen molar-refractivity contribution >= 4 is 5.96 Å². The highest BCUT2D eigenvalue weighted by Crippen LogP contribution is 2.15. The number of nitrogens with two attached hydrogens (primary N) is 1. The Hall–Kier alpha value is -1.07. The van der Waals surface area contributed by atoms with Crippen molar-refractivity contribution in [3.05, 3.63) is 11.6 Å². The highest BCUT2D eigenvalue weighted by atomic mass is 16.5. The molecule has 0 saturated carbocycles. The van der Waals surface area contributed by atoms with Crippen LogP contribution in [0.4, 0.5) is 0 Å². The number of aliphatic imine (C=N–C) groups is 1. The van der Waals surface area contributed by atoms with Crippen molar-refractivity contribution in [1.29, 1.82) is 0 Å². The highest BCUT2D eigenvalue weighted by Gasteiger charge is 2.22. The van der Waals surface area contributed by atoms with Crippen LogP contribution in [0, 0.1) is 0 Å². The predicted octanol–water partition coefficient (Wildman–Crippen LogP) is 0.722. The molecule has 0 amide bonds. The quantitative estimate of drug-likeness (QED) is 0.437. The molecule has 5 nitrogen and oxygen atoms in total. The summed E-state index contributed by atoms with van der Waals surface area (Å²) in [6, 6.07) is 0.612. The number of hydrogen-bond acceptors (Lipinski definition) is 3. The lowest BCUT2D eigenvalue weighted by Gasteiger charge is -2.23. The molecule has 1 atom stereocenters. The Morgan fingerprint density at radius 2 is 2.53 bits per heavy atom. The van der Waals surface area contributed by atoms with Gasteiger partial charge in [0.05, 0.1) is 19.8 Å². The first kappa shape index (κ1) is 14.3. The van der Waals surface area contributed by atoms with Crippen molar-refractivity contribution in [3.8, 4) is 0 Å². The number of nitrogens with one attached hydrogen (secondary N) is 1. The summed E-state index contributed by atoms with van der Waals surface area (Å²) >= 11 is 0. The number of ether oxygens (including phenoxy) is 1. The Morgan fingerprint density at radius 1 is 1.63 bits per heavy atom. The molecule has 5 heteroatoms. The van der Waals surface area contributed by atoms with Crippen LogP contribution < -0.4 is 11.1 Å². The van der Waals surface area contributed by atoms with Gasteiger partial charge >= 0.3 is 0 Å². The van der Waals surface area contributed by atoms with E-state index >= 15 is 0 Å². The van der Waals surface area contributed by atoms with Crippen LogP contribution in [0.25, 0.3) is 0 Å². The normalized spacial score (nSPS) is 25.4. The van der Waals surface area contributed by atoms with Gasteiger partial charge in [0.15, 0.2) is 5.96 Å². The minimum Gasteiger partial charge on any atom is -0.377 e. The highest BCUT2D eigenvalue weighted by molar-refractivity contribution is 5.78. The summed E-state index contributed by atoms with van der Waals surface area (Å²) in [6.07, 6.45) is 5.64. The Labute approximate surface area is 115 Å². The van der Waals surface area contributed by atoms with E-state index in [0.29, 0.717) is 25.2 Å². The van der Waals surface area contributed by atoms with Crippen LogP contribution in [0.2, 0.25) is 0 Å². The number of likely N-dealkylation sites (tertiary alicyclic amines) is 1. The smallest absolute Gasteiger partial charge is 0.188 e. The molecule has 0 radical (unpaired) electrons. The minimum atomic E-state index is 0.565. The zero-order chi connectivity index (χ0) is 13.5. The molecule has 0 spiro atoms. The van der Waals surface area contributed by atoms with Gasteiger partial charge in [-0.25, -0.2) is 4.99 Å². The largest absolute Gasteiger partial charge is 0.377 e. The van der Waals surface area contributed by atoms with Crippen LogP contribution >= 0.6 is 0 Å². The third-order valence-corrected chi connectivity index (χ3v) is 3.93. The summed E-state index contributed by atoms with van der Waals surface area (Å²) in [5.74, 6) is 0.565. The number of guanidine groups is 1. The molecular weight excluding hydrogens is 240 g/mol. The molecule has 0 aromatic rings. The van der Waals surface area contributed by atoms with E-state index in [0.717, 1.165) is 26.1 Å². The molecule has 108 valence electrons. The van der Waals surface area contributed by atoms with E-state index in [1.165, 1.54) is 25.0 Å². The second-order valence-electron chi connectivity index (χ2n) is 5.19. The SMILES string of the molecule is CCN1CCCC1CNC(N)=NCC1=CCOCC1. The van der Waals surface area contributed by atoms with Gasteiger partial charge in [-0.05, 0) is 37.9 Å². The topological polar surface area (TPSA) is 62.9 Å². The third kappa shape index (κ3) is 4.51. The zero-order valence-electron chi connectivity index (χ0n) is 11.9. The molecule has 2 rings (SSSR count). The number of nitrogens with zero attached hydrogens (tertiary/aromatic N) is 2. The maximum atomic E-state index is 5.92. The molecule has 2 aliphatic rings. The summed E-state index contributed by atoms with van der Waals surface area (Å²) in [4.78, 5) is 6.90. The van der Waals surface area contributed by atoms with Crippen LogP contribution in [0.1, 0.15) is 26.2 Å². The van der Waals surface area contributed by atoms with Gasteiger partial charge in [-0.15, -0.1) is 0 Å². The van der Waals surface area contributed by atoms with E-state index in [1.807, 2.05) is 0 Å². The Kier molecular flexibility index (Phi) is 5.66. The molecule has 0 bridgehead atoms. The van der Waals surface area contributed by atoms with Gasteiger partial charge in [-0.1, -0.05) is 13.0 Å². The van der Waals surface area contributed by atoms with Crippen molar-refractivity contribution in [2.24, 2.45) is 10.7 Å². The molecule has 19 heavy (non-hydrogen) atoms. The van der Waals surface area contributed by atoms with Gasteiger partial charge in [-0.2, -0.15) is 0 Å². The molecule has 2 heterocycles. The fourth-order valence-corrected chi connectivity index (χ4v) is 2.72. The number of likely N-dealkylation sites (N-methyl/N-ethyl adjacent to an activating group) is 1. The first-order valence-corrected chi connectivity index (χ1v) is 7.33. The fraction of sp³-hybridized carbons (Fsp3) is 0.786. The summed E-state index contributed by atoms with van der Waals surface area (Å²) in [5, 5.41) is 3.26. The molecule has 3 N–H and O–H groups in total. The molecular formula is C14H26N4O. The Bertz CT molecular complexity index is 340. The molecule has 2 aliphatic heterocycles. The molecule has 0 aliphatic carbocycles. The average Bonchev–Trinajstić information content (AvgIpc) is 2.91. The predicted molar refractivity (Wildman–Crippen MR) is 78.3 cm³/mol. The van der Waals surface area contributed by atoms with Crippen molar-refractivity contribution in [2.45, 2.75) is 32.2 Å². The summed E-state index contributed by atoms with van der Waals surface area (Å²) < 4.78 is 5.27. The molecule has 1 fully saturated rings. The van der Waals surface area contributed by atoms with Crippen molar-refractivity contribution in [1.82, 2.24) is 10.2 Å². The number of rotatable bonds is 5. The van der Waals surface area contributed by atoms with E-state index in [9.17, 15) is 0 Å².